The summed E-state index contributed by atoms with van der Waals surface area (Å²) in [5.74, 6) is 0.912. The number of rotatable bonds is 9. The van der Waals surface area contributed by atoms with Gasteiger partial charge in [0.1, 0.15) is 6.61 Å². The van der Waals surface area contributed by atoms with E-state index in [1.807, 2.05) is 13.8 Å². The van der Waals surface area contributed by atoms with Crippen LogP contribution in [0.5, 0.6) is 0 Å². The number of carbonyl (C=O) groups excluding carboxylic acids is 1. The van der Waals surface area contributed by atoms with Crippen LogP contribution in [0.25, 0.3) is 0 Å². The highest BCUT2D eigenvalue weighted by molar-refractivity contribution is 5.69. The Morgan fingerprint density at radius 1 is 1.21 bits per heavy atom. The summed E-state index contributed by atoms with van der Waals surface area (Å²) < 4.78 is 5.67. The van der Waals surface area contributed by atoms with E-state index in [1.165, 1.54) is 18.4 Å². The van der Waals surface area contributed by atoms with Crippen molar-refractivity contribution in [2.24, 2.45) is 34.5 Å². The number of carbonyl (C=O) groups is 2. The largest absolute Gasteiger partial charge is 0.481 e. The molecule has 1 fully saturated rings. The standard InChI is InChI=1S/C25H42O4/c1-17(2)14-23(28)29-16-20-8-7-9-21-24(5,12-10-18(3)15-22(26)27)19(4)11-13-25(20,21)6/h8,17-19,21H,7,9-16H2,1-6H3,(H,26,27)/t18-,19-,21-,24+,25-/m1/s1. The van der Waals surface area contributed by atoms with Gasteiger partial charge in [-0.25, -0.2) is 0 Å². The maximum Gasteiger partial charge on any atom is 0.306 e. The van der Waals surface area contributed by atoms with Crippen molar-refractivity contribution in [1.29, 1.82) is 0 Å². The molecule has 4 heteroatoms. The maximum atomic E-state index is 12.1. The second-order valence-electron chi connectivity index (χ2n) is 10.7. The van der Waals surface area contributed by atoms with Crippen LogP contribution in [0.2, 0.25) is 0 Å². The lowest BCUT2D eigenvalue weighted by Gasteiger charge is -2.58. The van der Waals surface area contributed by atoms with E-state index in [0.717, 1.165) is 25.7 Å². The molecule has 0 heterocycles. The predicted octanol–water partition coefficient (Wildman–Crippen LogP) is 6.25. The highest BCUT2D eigenvalue weighted by Gasteiger charge is 2.53. The number of fused-ring (bicyclic) bond motifs is 1. The zero-order chi connectivity index (χ0) is 21.8. The number of carboxylic acid groups (broad SMARTS) is 1. The van der Waals surface area contributed by atoms with Gasteiger partial charge in [0.2, 0.25) is 0 Å². The van der Waals surface area contributed by atoms with Crippen LogP contribution < -0.4 is 0 Å². The molecule has 0 aliphatic heterocycles. The first-order chi connectivity index (χ1) is 13.5. The van der Waals surface area contributed by atoms with Crippen molar-refractivity contribution in [1.82, 2.24) is 0 Å². The molecule has 0 saturated heterocycles. The Morgan fingerprint density at radius 3 is 2.52 bits per heavy atom. The molecule has 0 amide bonds. The predicted molar refractivity (Wildman–Crippen MR) is 116 cm³/mol. The van der Waals surface area contributed by atoms with Crippen molar-refractivity contribution >= 4 is 11.9 Å². The lowest BCUT2D eigenvalue weighted by Crippen LogP contribution is -2.50. The molecule has 29 heavy (non-hydrogen) atoms. The molecule has 0 aromatic carbocycles. The minimum atomic E-state index is -0.699. The molecule has 0 unspecified atom stereocenters. The van der Waals surface area contributed by atoms with Gasteiger partial charge in [-0.3, -0.25) is 9.59 Å². The third-order valence-corrected chi connectivity index (χ3v) is 8.03. The zero-order valence-electron chi connectivity index (χ0n) is 19.4. The van der Waals surface area contributed by atoms with Crippen LogP contribution >= 0.6 is 0 Å². The van der Waals surface area contributed by atoms with E-state index in [2.05, 4.69) is 33.8 Å². The smallest absolute Gasteiger partial charge is 0.306 e. The van der Waals surface area contributed by atoms with Crippen LogP contribution in [-0.4, -0.2) is 23.7 Å². The van der Waals surface area contributed by atoms with E-state index < -0.39 is 5.97 Å². The van der Waals surface area contributed by atoms with Gasteiger partial charge in [-0.1, -0.05) is 47.6 Å². The molecule has 0 aromatic rings. The van der Waals surface area contributed by atoms with Gasteiger partial charge in [0, 0.05) is 12.8 Å². The molecule has 2 aliphatic rings. The van der Waals surface area contributed by atoms with Gasteiger partial charge in [0.15, 0.2) is 0 Å². The number of allylic oxidation sites excluding steroid dienone is 1. The Labute approximate surface area is 177 Å². The molecule has 0 spiro atoms. The summed E-state index contributed by atoms with van der Waals surface area (Å²) in [6.45, 7) is 13.8. The van der Waals surface area contributed by atoms with Gasteiger partial charge >= 0.3 is 11.9 Å². The van der Waals surface area contributed by atoms with Crippen LogP contribution in [0.15, 0.2) is 11.6 Å². The summed E-state index contributed by atoms with van der Waals surface area (Å²) >= 11 is 0. The van der Waals surface area contributed by atoms with Gasteiger partial charge in [0.25, 0.3) is 0 Å². The number of hydrogen-bond acceptors (Lipinski definition) is 3. The average molecular weight is 407 g/mol. The molecule has 0 radical (unpaired) electrons. The summed E-state index contributed by atoms with van der Waals surface area (Å²) in [6.07, 6.45) is 9.63. The van der Waals surface area contributed by atoms with Crippen molar-refractivity contribution in [2.75, 3.05) is 6.61 Å². The monoisotopic (exact) mass is 406 g/mol. The van der Waals surface area contributed by atoms with E-state index in [1.54, 1.807) is 0 Å². The Balaban J connectivity index is 2.12. The van der Waals surface area contributed by atoms with E-state index in [-0.39, 0.29) is 29.1 Å². The molecule has 0 aromatic heterocycles. The number of carboxylic acids is 1. The van der Waals surface area contributed by atoms with Crippen molar-refractivity contribution in [2.45, 2.75) is 92.9 Å². The van der Waals surface area contributed by atoms with Crippen LogP contribution in [0, 0.1) is 34.5 Å². The number of ether oxygens (including phenoxy) is 1. The molecule has 1 saturated carbocycles. The fraction of sp³-hybridized carbons (Fsp3) is 0.840. The first-order valence-electron chi connectivity index (χ1n) is 11.6. The third-order valence-electron chi connectivity index (χ3n) is 8.03. The lowest BCUT2D eigenvalue weighted by molar-refractivity contribution is -0.144. The molecule has 5 atom stereocenters. The summed E-state index contributed by atoms with van der Waals surface area (Å²) in [7, 11) is 0. The van der Waals surface area contributed by atoms with E-state index >= 15 is 0 Å². The second kappa shape index (κ2) is 9.66. The van der Waals surface area contributed by atoms with Crippen molar-refractivity contribution in [3.63, 3.8) is 0 Å². The molecule has 0 bridgehead atoms. The van der Waals surface area contributed by atoms with Crippen LogP contribution in [0.3, 0.4) is 0 Å². The van der Waals surface area contributed by atoms with Crippen LogP contribution in [0.4, 0.5) is 0 Å². The molecule has 1 N–H and O–H groups in total. The zero-order valence-corrected chi connectivity index (χ0v) is 19.4. The Hall–Kier alpha value is -1.32. The highest BCUT2D eigenvalue weighted by atomic mass is 16.5. The minimum absolute atomic E-state index is 0.0770. The van der Waals surface area contributed by atoms with E-state index in [9.17, 15) is 9.59 Å². The second-order valence-corrected chi connectivity index (χ2v) is 10.7. The fourth-order valence-electron chi connectivity index (χ4n) is 5.93. The summed E-state index contributed by atoms with van der Waals surface area (Å²) in [4.78, 5) is 23.2. The first-order valence-corrected chi connectivity index (χ1v) is 11.6. The van der Waals surface area contributed by atoms with Gasteiger partial charge in [-0.2, -0.15) is 0 Å². The molecule has 4 nitrogen and oxygen atoms in total. The van der Waals surface area contributed by atoms with Gasteiger partial charge in [-0.05, 0) is 78.6 Å². The average Bonchev–Trinajstić information content (AvgIpc) is 2.61. The van der Waals surface area contributed by atoms with Crippen LogP contribution in [-0.2, 0) is 14.3 Å². The van der Waals surface area contributed by atoms with Crippen molar-refractivity contribution in [3.05, 3.63) is 11.6 Å². The maximum absolute atomic E-state index is 12.1. The summed E-state index contributed by atoms with van der Waals surface area (Å²) in [5.41, 5.74) is 1.58. The van der Waals surface area contributed by atoms with Crippen molar-refractivity contribution in [3.8, 4) is 0 Å². The van der Waals surface area contributed by atoms with Gasteiger partial charge < -0.3 is 9.84 Å². The molecular weight excluding hydrogens is 364 g/mol. The molecule has 166 valence electrons. The molecule has 2 rings (SSSR count). The number of esters is 1. The SMILES string of the molecule is CC(C)CC(=O)OCC1=CCC[C@@H]2[C@@](C)(CC[C@@H](C)CC(=O)O)[C@H](C)CC[C@]12C. The van der Waals surface area contributed by atoms with E-state index in [0.29, 0.717) is 30.8 Å². The normalized spacial score (nSPS) is 33.0. The Morgan fingerprint density at radius 2 is 1.90 bits per heavy atom. The third kappa shape index (κ3) is 5.64. The summed E-state index contributed by atoms with van der Waals surface area (Å²) in [6, 6.07) is 0. The van der Waals surface area contributed by atoms with Crippen LogP contribution in [0.1, 0.15) is 92.9 Å². The molecule has 2 aliphatic carbocycles. The fourth-order valence-corrected chi connectivity index (χ4v) is 5.93. The Kier molecular flexibility index (Phi) is 7.98. The van der Waals surface area contributed by atoms with Gasteiger partial charge in [-0.15, -0.1) is 0 Å². The molecular formula is C25H42O4. The van der Waals surface area contributed by atoms with Crippen molar-refractivity contribution < 1.29 is 19.4 Å². The Bertz CT molecular complexity index is 622. The van der Waals surface area contributed by atoms with Gasteiger partial charge in [0.05, 0.1) is 0 Å². The lowest BCUT2D eigenvalue weighted by atomic mass is 9.46. The quantitative estimate of drug-likeness (QED) is 0.363. The highest BCUT2D eigenvalue weighted by Crippen LogP contribution is 2.62. The summed E-state index contributed by atoms with van der Waals surface area (Å²) in [5, 5.41) is 9.11. The minimum Gasteiger partial charge on any atom is -0.481 e. The number of aliphatic carboxylic acids is 1. The first kappa shape index (κ1) is 24.0. The topological polar surface area (TPSA) is 63.6 Å². The van der Waals surface area contributed by atoms with E-state index in [4.69, 9.17) is 9.84 Å². The number of hydrogen-bond donors (Lipinski definition) is 1.